The van der Waals surface area contributed by atoms with Crippen molar-refractivity contribution in [1.29, 1.82) is 0 Å². The van der Waals surface area contributed by atoms with Crippen molar-refractivity contribution in [3.8, 4) is 5.75 Å². The summed E-state index contributed by atoms with van der Waals surface area (Å²) in [6.07, 6.45) is 4.39. The molecule has 0 unspecified atom stereocenters. The summed E-state index contributed by atoms with van der Waals surface area (Å²) in [7, 11) is 1.53. The van der Waals surface area contributed by atoms with Gasteiger partial charge < -0.3 is 24.3 Å². The number of ether oxygens (including phenoxy) is 2. The number of nitrogens with one attached hydrogen (secondary N) is 1. The van der Waals surface area contributed by atoms with E-state index in [2.05, 4.69) is 5.32 Å². The van der Waals surface area contributed by atoms with Crippen LogP contribution in [0.5, 0.6) is 5.75 Å². The summed E-state index contributed by atoms with van der Waals surface area (Å²) in [5, 5.41) is 12.3. The molecule has 3 rings (SSSR count). The molecular formula is C20H20FNO6. The van der Waals surface area contributed by atoms with E-state index in [-0.39, 0.29) is 24.8 Å². The Hall–Kier alpha value is -3.13. The van der Waals surface area contributed by atoms with Crippen molar-refractivity contribution in [2.75, 3.05) is 20.3 Å². The average molecular weight is 389 g/mol. The van der Waals surface area contributed by atoms with Gasteiger partial charge >= 0.3 is 5.97 Å². The van der Waals surface area contributed by atoms with Crippen LogP contribution in [0.2, 0.25) is 0 Å². The number of carboxylic acid groups (broad SMARTS) is 1. The molecule has 148 valence electrons. The molecule has 0 bridgehead atoms. The molecule has 0 radical (unpaired) electrons. The molecule has 28 heavy (non-hydrogen) atoms. The second-order valence-corrected chi connectivity index (χ2v) is 6.27. The van der Waals surface area contributed by atoms with Gasteiger partial charge in [-0.25, -0.2) is 9.18 Å². The first-order chi connectivity index (χ1) is 13.5. The van der Waals surface area contributed by atoms with Gasteiger partial charge in [-0.2, -0.15) is 0 Å². The number of rotatable bonds is 8. The fourth-order valence-electron chi connectivity index (χ4n) is 2.76. The normalized spacial score (nSPS) is 14.9. The SMILES string of the molecule is COc1ccc2oc(C(=O)N[C@@H](COCC3=C(F)CCC=C3)C(=O)O)cc2c1. The topological polar surface area (TPSA) is 98.0 Å². The van der Waals surface area contributed by atoms with E-state index in [0.29, 0.717) is 35.1 Å². The van der Waals surface area contributed by atoms with Crippen molar-refractivity contribution in [3.63, 3.8) is 0 Å². The summed E-state index contributed by atoms with van der Waals surface area (Å²) in [4.78, 5) is 23.8. The summed E-state index contributed by atoms with van der Waals surface area (Å²) in [6.45, 7) is -0.369. The first-order valence-electron chi connectivity index (χ1n) is 8.71. The summed E-state index contributed by atoms with van der Waals surface area (Å²) < 4.78 is 29.5. The predicted molar refractivity (Wildman–Crippen MR) is 99.0 cm³/mol. The van der Waals surface area contributed by atoms with Gasteiger partial charge in [0.15, 0.2) is 11.8 Å². The zero-order chi connectivity index (χ0) is 20.1. The van der Waals surface area contributed by atoms with E-state index in [1.165, 1.54) is 13.2 Å². The number of carbonyl (C=O) groups excluding carboxylic acids is 1. The smallest absolute Gasteiger partial charge is 0.328 e. The fraction of sp³-hybridized carbons (Fsp3) is 0.300. The van der Waals surface area contributed by atoms with Crippen LogP contribution in [0, 0.1) is 0 Å². The number of carboxylic acids is 1. The molecule has 1 heterocycles. The first kappa shape index (κ1) is 19.6. The molecular weight excluding hydrogens is 369 g/mol. The largest absolute Gasteiger partial charge is 0.497 e. The van der Waals surface area contributed by atoms with E-state index < -0.39 is 17.9 Å². The highest BCUT2D eigenvalue weighted by Gasteiger charge is 2.23. The highest BCUT2D eigenvalue weighted by Crippen LogP contribution is 2.24. The van der Waals surface area contributed by atoms with Crippen LogP contribution in [0.4, 0.5) is 4.39 Å². The Labute approximate surface area is 160 Å². The molecule has 2 aromatic rings. The van der Waals surface area contributed by atoms with Crippen molar-refractivity contribution < 1.29 is 33.0 Å². The van der Waals surface area contributed by atoms with Gasteiger partial charge in [0.25, 0.3) is 5.91 Å². The van der Waals surface area contributed by atoms with Crippen molar-refractivity contribution in [1.82, 2.24) is 5.32 Å². The second kappa shape index (κ2) is 8.71. The number of fused-ring (bicyclic) bond motifs is 1. The van der Waals surface area contributed by atoms with Gasteiger partial charge in [-0.3, -0.25) is 4.79 Å². The van der Waals surface area contributed by atoms with Crippen LogP contribution < -0.4 is 10.1 Å². The molecule has 1 aliphatic carbocycles. The molecule has 8 heteroatoms. The lowest BCUT2D eigenvalue weighted by atomic mass is 10.1. The second-order valence-electron chi connectivity index (χ2n) is 6.27. The lowest BCUT2D eigenvalue weighted by molar-refractivity contribution is -0.140. The number of halogens is 1. The number of allylic oxidation sites excluding steroid dienone is 2. The van der Waals surface area contributed by atoms with Crippen LogP contribution in [0.1, 0.15) is 23.4 Å². The van der Waals surface area contributed by atoms with Crippen molar-refractivity contribution in [2.24, 2.45) is 0 Å². The van der Waals surface area contributed by atoms with E-state index in [9.17, 15) is 19.1 Å². The molecule has 1 amide bonds. The van der Waals surface area contributed by atoms with Crippen LogP contribution in [0.25, 0.3) is 11.0 Å². The molecule has 7 nitrogen and oxygen atoms in total. The Morgan fingerprint density at radius 1 is 1.36 bits per heavy atom. The lowest BCUT2D eigenvalue weighted by Gasteiger charge is -2.15. The van der Waals surface area contributed by atoms with Crippen molar-refractivity contribution in [2.45, 2.75) is 18.9 Å². The maximum absolute atomic E-state index is 13.7. The van der Waals surface area contributed by atoms with E-state index in [1.807, 2.05) is 6.08 Å². The molecule has 1 atom stereocenters. The zero-order valence-corrected chi connectivity index (χ0v) is 15.2. The fourth-order valence-corrected chi connectivity index (χ4v) is 2.76. The third-order valence-corrected chi connectivity index (χ3v) is 4.29. The van der Waals surface area contributed by atoms with Gasteiger partial charge in [-0.1, -0.05) is 12.2 Å². The Kier molecular flexibility index (Phi) is 6.10. The number of aliphatic carboxylic acids is 1. The van der Waals surface area contributed by atoms with Gasteiger partial charge in [0.1, 0.15) is 17.2 Å². The third-order valence-electron chi connectivity index (χ3n) is 4.29. The Morgan fingerprint density at radius 2 is 2.18 bits per heavy atom. The van der Waals surface area contributed by atoms with Crippen LogP contribution in [-0.4, -0.2) is 43.3 Å². The minimum absolute atomic E-state index is 0.0292. The molecule has 0 saturated carbocycles. The minimum Gasteiger partial charge on any atom is -0.497 e. The maximum atomic E-state index is 13.7. The molecule has 1 aromatic heterocycles. The molecule has 1 aliphatic rings. The number of methoxy groups -OCH3 is 1. The highest BCUT2D eigenvalue weighted by atomic mass is 19.1. The van der Waals surface area contributed by atoms with Crippen LogP contribution in [-0.2, 0) is 9.53 Å². The number of furan rings is 1. The molecule has 0 aliphatic heterocycles. The first-order valence-corrected chi connectivity index (χ1v) is 8.71. The zero-order valence-electron chi connectivity index (χ0n) is 15.2. The van der Waals surface area contributed by atoms with E-state index >= 15 is 0 Å². The number of hydrogen-bond acceptors (Lipinski definition) is 5. The summed E-state index contributed by atoms with van der Waals surface area (Å²) in [6, 6.07) is 5.25. The quantitative estimate of drug-likeness (QED) is 0.719. The number of carbonyl (C=O) groups is 2. The monoisotopic (exact) mass is 389 g/mol. The highest BCUT2D eigenvalue weighted by molar-refractivity contribution is 5.98. The van der Waals surface area contributed by atoms with Gasteiger partial charge in [-0.05, 0) is 30.7 Å². The van der Waals surface area contributed by atoms with Crippen LogP contribution >= 0.6 is 0 Å². The molecule has 0 fully saturated rings. The Bertz CT molecular complexity index is 945. The van der Waals surface area contributed by atoms with Gasteiger partial charge in [0.05, 0.1) is 20.3 Å². The third kappa shape index (κ3) is 4.58. The summed E-state index contributed by atoms with van der Waals surface area (Å²) in [5.74, 6) is -1.64. The number of benzene rings is 1. The Balaban J connectivity index is 1.62. The molecule has 1 aromatic carbocycles. The van der Waals surface area contributed by atoms with E-state index in [4.69, 9.17) is 13.9 Å². The van der Waals surface area contributed by atoms with Gasteiger partial charge in [0, 0.05) is 17.4 Å². The van der Waals surface area contributed by atoms with E-state index in [0.717, 1.165) is 0 Å². The maximum Gasteiger partial charge on any atom is 0.328 e. The van der Waals surface area contributed by atoms with Gasteiger partial charge in [-0.15, -0.1) is 0 Å². The molecule has 0 saturated heterocycles. The van der Waals surface area contributed by atoms with Crippen molar-refractivity contribution >= 4 is 22.8 Å². The number of amides is 1. The summed E-state index contributed by atoms with van der Waals surface area (Å²) >= 11 is 0. The van der Waals surface area contributed by atoms with Crippen LogP contribution in [0.15, 0.2) is 52.2 Å². The summed E-state index contributed by atoms with van der Waals surface area (Å²) in [5.41, 5.74) is 0.855. The van der Waals surface area contributed by atoms with Crippen LogP contribution in [0.3, 0.4) is 0 Å². The van der Waals surface area contributed by atoms with E-state index in [1.54, 1.807) is 24.3 Å². The standard InChI is InChI=1S/C20H20FNO6/c1-26-14-6-7-17-13(8-14)9-18(28-17)19(23)22-16(20(24)25)11-27-10-12-4-2-3-5-15(12)21/h2,4,6-9,16H,3,5,10-11H2,1H3,(H,22,23)(H,24,25)/t16-/m0/s1. The lowest BCUT2D eigenvalue weighted by Crippen LogP contribution is -2.44. The average Bonchev–Trinajstić information content (AvgIpc) is 3.11. The minimum atomic E-state index is -1.30. The predicted octanol–water partition coefficient (Wildman–Crippen LogP) is 3.21. The molecule has 2 N–H and O–H groups in total. The molecule has 0 spiro atoms. The Morgan fingerprint density at radius 3 is 2.89 bits per heavy atom. The van der Waals surface area contributed by atoms with Crippen molar-refractivity contribution in [3.05, 3.63) is 53.6 Å². The van der Waals surface area contributed by atoms with Gasteiger partial charge in [0.2, 0.25) is 0 Å². The number of hydrogen-bond donors (Lipinski definition) is 2.